The van der Waals surface area contributed by atoms with Crippen LogP contribution in [-0.4, -0.2) is 24.7 Å². The SMILES string of the molecule is CC(C)(C)c1ccc(NC(=O)C2(N)CCOC2)cc1. The molecule has 0 aliphatic carbocycles. The van der Waals surface area contributed by atoms with Crippen molar-refractivity contribution in [2.45, 2.75) is 38.1 Å². The smallest absolute Gasteiger partial charge is 0.246 e. The van der Waals surface area contributed by atoms with Crippen molar-refractivity contribution in [1.82, 2.24) is 0 Å². The van der Waals surface area contributed by atoms with Crippen LogP contribution >= 0.6 is 0 Å². The van der Waals surface area contributed by atoms with Crippen LogP contribution in [0.25, 0.3) is 0 Å². The van der Waals surface area contributed by atoms with E-state index in [0.29, 0.717) is 19.6 Å². The monoisotopic (exact) mass is 262 g/mol. The van der Waals surface area contributed by atoms with Crippen LogP contribution in [0, 0.1) is 0 Å². The van der Waals surface area contributed by atoms with Crippen LogP contribution < -0.4 is 11.1 Å². The number of benzene rings is 1. The third-order valence-electron chi connectivity index (χ3n) is 3.51. The second-order valence-electron chi connectivity index (χ2n) is 6.24. The average molecular weight is 262 g/mol. The molecule has 104 valence electrons. The molecule has 1 aromatic rings. The standard InChI is InChI=1S/C15H22N2O2/c1-14(2,3)11-4-6-12(7-5-11)17-13(18)15(16)8-9-19-10-15/h4-7H,8-10,16H2,1-3H3,(H,17,18). The highest BCUT2D eigenvalue weighted by Crippen LogP contribution is 2.24. The molecule has 1 aliphatic rings. The number of nitrogens with two attached hydrogens (primary N) is 1. The molecule has 1 unspecified atom stereocenters. The Morgan fingerprint density at radius 3 is 2.42 bits per heavy atom. The molecule has 0 spiro atoms. The Hall–Kier alpha value is -1.39. The number of anilines is 1. The predicted molar refractivity (Wildman–Crippen MR) is 76.1 cm³/mol. The van der Waals surface area contributed by atoms with Crippen LogP contribution in [0.3, 0.4) is 0 Å². The molecule has 19 heavy (non-hydrogen) atoms. The van der Waals surface area contributed by atoms with Gasteiger partial charge in [0.1, 0.15) is 5.54 Å². The fourth-order valence-corrected chi connectivity index (χ4v) is 2.07. The van der Waals surface area contributed by atoms with Gasteiger partial charge in [0.25, 0.3) is 0 Å². The molecule has 0 saturated carbocycles. The highest BCUT2D eigenvalue weighted by Gasteiger charge is 2.38. The van der Waals surface area contributed by atoms with Gasteiger partial charge in [-0.3, -0.25) is 4.79 Å². The van der Waals surface area contributed by atoms with Crippen LogP contribution in [-0.2, 0) is 14.9 Å². The fraction of sp³-hybridized carbons (Fsp3) is 0.533. The molecule has 1 amide bonds. The molecule has 0 aromatic heterocycles. The first kappa shape index (κ1) is 14.0. The summed E-state index contributed by atoms with van der Waals surface area (Å²) in [6.45, 7) is 7.31. The summed E-state index contributed by atoms with van der Waals surface area (Å²) in [7, 11) is 0. The van der Waals surface area contributed by atoms with E-state index in [2.05, 4.69) is 26.1 Å². The Morgan fingerprint density at radius 2 is 1.95 bits per heavy atom. The van der Waals surface area contributed by atoms with Gasteiger partial charge in [0.15, 0.2) is 0 Å². The summed E-state index contributed by atoms with van der Waals surface area (Å²) in [5.74, 6) is -0.173. The van der Waals surface area contributed by atoms with E-state index < -0.39 is 5.54 Å². The Kier molecular flexibility index (Phi) is 3.65. The zero-order chi connectivity index (χ0) is 14.1. The van der Waals surface area contributed by atoms with Crippen molar-refractivity contribution in [3.8, 4) is 0 Å². The largest absolute Gasteiger partial charge is 0.379 e. The number of ether oxygens (including phenoxy) is 1. The third kappa shape index (κ3) is 3.14. The maximum Gasteiger partial charge on any atom is 0.246 e. The van der Waals surface area contributed by atoms with Crippen molar-refractivity contribution in [1.29, 1.82) is 0 Å². The Labute approximate surface area is 114 Å². The van der Waals surface area contributed by atoms with Crippen molar-refractivity contribution in [2.24, 2.45) is 5.73 Å². The Balaban J connectivity index is 2.06. The van der Waals surface area contributed by atoms with Crippen molar-refractivity contribution in [3.63, 3.8) is 0 Å². The van der Waals surface area contributed by atoms with E-state index >= 15 is 0 Å². The molecule has 4 nitrogen and oxygen atoms in total. The van der Waals surface area contributed by atoms with Crippen molar-refractivity contribution in [3.05, 3.63) is 29.8 Å². The quantitative estimate of drug-likeness (QED) is 0.857. The van der Waals surface area contributed by atoms with Crippen LogP contribution in [0.5, 0.6) is 0 Å². The molecule has 0 radical (unpaired) electrons. The van der Waals surface area contributed by atoms with Gasteiger partial charge in [-0.15, -0.1) is 0 Å². The number of hydrogen-bond donors (Lipinski definition) is 2. The molecule has 1 atom stereocenters. The summed E-state index contributed by atoms with van der Waals surface area (Å²) in [5.41, 5.74) is 7.24. The van der Waals surface area contributed by atoms with Gasteiger partial charge in [0, 0.05) is 12.3 Å². The molecule has 3 N–H and O–H groups in total. The van der Waals surface area contributed by atoms with Gasteiger partial charge in [0.05, 0.1) is 6.61 Å². The molecule has 1 heterocycles. The number of carbonyl (C=O) groups excluding carboxylic acids is 1. The third-order valence-corrected chi connectivity index (χ3v) is 3.51. The van der Waals surface area contributed by atoms with Crippen LogP contribution in [0.2, 0.25) is 0 Å². The zero-order valence-electron chi connectivity index (χ0n) is 11.8. The minimum Gasteiger partial charge on any atom is -0.379 e. The van der Waals surface area contributed by atoms with Crippen LogP contribution in [0.4, 0.5) is 5.69 Å². The van der Waals surface area contributed by atoms with E-state index in [4.69, 9.17) is 10.5 Å². The van der Waals surface area contributed by atoms with Gasteiger partial charge in [0.2, 0.25) is 5.91 Å². The zero-order valence-corrected chi connectivity index (χ0v) is 11.8. The highest BCUT2D eigenvalue weighted by atomic mass is 16.5. The summed E-state index contributed by atoms with van der Waals surface area (Å²) < 4.78 is 5.20. The van der Waals surface area contributed by atoms with E-state index in [1.807, 2.05) is 24.3 Å². The summed E-state index contributed by atoms with van der Waals surface area (Å²) >= 11 is 0. The molecule has 2 rings (SSSR count). The summed E-state index contributed by atoms with van der Waals surface area (Å²) in [4.78, 5) is 12.1. The van der Waals surface area contributed by atoms with Crippen molar-refractivity contribution < 1.29 is 9.53 Å². The van der Waals surface area contributed by atoms with Gasteiger partial charge in [-0.25, -0.2) is 0 Å². The lowest BCUT2D eigenvalue weighted by atomic mass is 9.87. The van der Waals surface area contributed by atoms with Gasteiger partial charge in [-0.2, -0.15) is 0 Å². The molecule has 1 aromatic carbocycles. The first-order valence-corrected chi connectivity index (χ1v) is 6.60. The molecule has 1 aliphatic heterocycles. The number of amides is 1. The predicted octanol–water partition coefficient (Wildman–Crippen LogP) is 2.04. The lowest BCUT2D eigenvalue weighted by Crippen LogP contribution is -2.51. The van der Waals surface area contributed by atoms with Gasteiger partial charge in [-0.1, -0.05) is 32.9 Å². The van der Waals surface area contributed by atoms with Gasteiger partial charge < -0.3 is 15.8 Å². The summed E-state index contributed by atoms with van der Waals surface area (Å²) in [5, 5.41) is 2.86. The van der Waals surface area contributed by atoms with E-state index in [1.54, 1.807) is 0 Å². The van der Waals surface area contributed by atoms with Crippen LogP contribution in [0.1, 0.15) is 32.8 Å². The normalized spacial score (nSPS) is 23.4. The highest BCUT2D eigenvalue weighted by molar-refractivity contribution is 5.98. The second kappa shape index (κ2) is 4.94. The Bertz CT molecular complexity index is 454. The second-order valence-corrected chi connectivity index (χ2v) is 6.24. The van der Waals surface area contributed by atoms with E-state index in [-0.39, 0.29) is 11.3 Å². The molecule has 1 fully saturated rings. The minimum atomic E-state index is -0.886. The fourth-order valence-electron chi connectivity index (χ4n) is 2.07. The van der Waals surface area contributed by atoms with Gasteiger partial charge in [-0.05, 0) is 29.5 Å². The van der Waals surface area contributed by atoms with E-state index in [0.717, 1.165) is 5.69 Å². The Morgan fingerprint density at radius 1 is 1.32 bits per heavy atom. The summed E-state index contributed by atoms with van der Waals surface area (Å²) in [6, 6.07) is 7.89. The minimum absolute atomic E-state index is 0.108. The number of carbonyl (C=O) groups is 1. The molecule has 4 heteroatoms. The van der Waals surface area contributed by atoms with E-state index in [9.17, 15) is 4.79 Å². The maximum absolute atomic E-state index is 12.1. The maximum atomic E-state index is 12.1. The topological polar surface area (TPSA) is 64.4 Å². The molecular weight excluding hydrogens is 240 g/mol. The number of rotatable bonds is 2. The first-order chi connectivity index (χ1) is 8.81. The van der Waals surface area contributed by atoms with Crippen molar-refractivity contribution >= 4 is 11.6 Å². The molecular formula is C15H22N2O2. The van der Waals surface area contributed by atoms with Crippen molar-refractivity contribution in [2.75, 3.05) is 18.5 Å². The lowest BCUT2D eigenvalue weighted by Gasteiger charge is -2.22. The first-order valence-electron chi connectivity index (χ1n) is 6.60. The molecule has 1 saturated heterocycles. The van der Waals surface area contributed by atoms with Crippen LogP contribution in [0.15, 0.2) is 24.3 Å². The lowest BCUT2D eigenvalue weighted by molar-refractivity contribution is -0.121. The number of hydrogen-bond acceptors (Lipinski definition) is 3. The molecule has 0 bridgehead atoms. The number of nitrogens with one attached hydrogen (secondary N) is 1. The summed E-state index contributed by atoms with van der Waals surface area (Å²) in [6.07, 6.45) is 0.568. The van der Waals surface area contributed by atoms with E-state index in [1.165, 1.54) is 5.56 Å². The van der Waals surface area contributed by atoms with Gasteiger partial charge >= 0.3 is 0 Å². The average Bonchev–Trinajstić information content (AvgIpc) is 2.77.